The molecule has 4 nitrogen and oxygen atoms in total. The predicted octanol–water partition coefficient (Wildman–Crippen LogP) is 4.73. The monoisotopic (exact) mass is 387 g/mol. The summed E-state index contributed by atoms with van der Waals surface area (Å²) in [6, 6.07) is 13.9. The average Bonchev–Trinajstić information content (AvgIpc) is 2.66. The van der Waals surface area contributed by atoms with E-state index in [0.29, 0.717) is 23.4 Å². The van der Waals surface area contributed by atoms with Crippen LogP contribution >= 0.6 is 11.6 Å². The van der Waals surface area contributed by atoms with E-state index in [4.69, 9.17) is 11.6 Å². The zero-order chi connectivity index (χ0) is 19.2. The highest BCUT2D eigenvalue weighted by molar-refractivity contribution is 6.31. The van der Waals surface area contributed by atoms with Crippen LogP contribution in [-0.4, -0.2) is 17.4 Å². The number of carbonyl (C=O) groups is 1. The molecule has 138 valence electrons. The summed E-state index contributed by atoms with van der Waals surface area (Å²) in [5.74, 6) is -1.17. The van der Waals surface area contributed by atoms with Gasteiger partial charge in [0.25, 0.3) is 5.91 Å². The molecule has 0 saturated carbocycles. The average molecular weight is 388 g/mol. The van der Waals surface area contributed by atoms with Crippen LogP contribution in [0.2, 0.25) is 5.02 Å². The number of nitrogens with one attached hydrogen (secondary N) is 2. The molecule has 0 atom stereocenters. The Morgan fingerprint density at radius 1 is 1.00 bits per heavy atom. The van der Waals surface area contributed by atoms with Crippen molar-refractivity contribution in [2.45, 2.75) is 6.42 Å². The first-order valence-corrected chi connectivity index (χ1v) is 8.60. The number of nitrogens with zero attached hydrogens (tertiary/aromatic N) is 1. The fourth-order valence-corrected chi connectivity index (χ4v) is 2.66. The third kappa shape index (κ3) is 5.01. The minimum atomic E-state index is -0.508. The van der Waals surface area contributed by atoms with Gasteiger partial charge in [-0.15, -0.1) is 0 Å². The van der Waals surface area contributed by atoms with Gasteiger partial charge in [-0.05, 0) is 48.4 Å². The van der Waals surface area contributed by atoms with E-state index in [2.05, 4.69) is 15.6 Å². The molecule has 0 bridgehead atoms. The Hall–Kier alpha value is -2.99. The topological polar surface area (TPSA) is 54.0 Å². The van der Waals surface area contributed by atoms with Crippen LogP contribution in [0.5, 0.6) is 0 Å². The van der Waals surface area contributed by atoms with Gasteiger partial charge < -0.3 is 10.6 Å². The van der Waals surface area contributed by atoms with Crippen molar-refractivity contribution in [2.24, 2.45) is 0 Å². The Morgan fingerprint density at radius 2 is 1.78 bits per heavy atom. The van der Waals surface area contributed by atoms with Gasteiger partial charge in [-0.2, -0.15) is 0 Å². The van der Waals surface area contributed by atoms with Crippen LogP contribution in [0.3, 0.4) is 0 Å². The number of halogens is 3. The quantitative estimate of drug-likeness (QED) is 0.643. The zero-order valence-electron chi connectivity index (χ0n) is 14.2. The second kappa shape index (κ2) is 8.60. The normalized spacial score (nSPS) is 10.5. The van der Waals surface area contributed by atoms with Crippen LogP contribution in [0.1, 0.15) is 16.1 Å². The van der Waals surface area contributed by atoms with Gasteiger partial charge in [0.2, 0.25) is 0 Å². The lowest BCUT2D eigenvalue weighted by atomic mass is 10.1. The first kappa shape index (κ1) is 18.8. The summed E-state index contributed by atoms with van der Waals surface area (Å²) in [5.41, 5.74) is 1.93. The molecule has 0 aliphatic rings. The van der Waals surface area contributed by atoms with Crippen molar-refractivity contribution in [1.82, 2.24) is 10.3 Å². The lowest BCUT2D eigenvalue weighted by Crippen LogP contribution is -2.26. The number of anilines is 2. The van der Waals surface area contributed by atoms with E-state index in [1.54, 1.807) is 30.3 Å². The van der Waals surface area contributed by atoms with Crippen molar-refractivity contribution in [2.75, 3.05) is 11.9 Å². The maximum absolute atomic E-state index is 13.6. The third-order valence-corrected chi connectivity index (χ3v) is 4.13. The van der Waals surface area contributed by atoms with Crippen molar-refractivity contribution in [1.29, 1.82) is 0 Å². The van der Waals surface area contributed by atoms with Gasteiger partial charge in [0, 0.05) is 24.1 Å². The molecule has 3 aromatic rings. The number of hydrogen-bond acceptors (Lipinski definition) is 3. The molecule has 0 saturated heterocycles. The van der Waals surface area contributed by atoms with Crippen LogP contribution in [0.25, 0.3) is 0 Å². The van der Waals surface area contributed by atoms with Crippen molar-refractivity contribution >= 4 is 28.9 Å². The fraction of sp³-hybridized carbons (Fsp3) is 0.100. The summed E-state index contributed by atoms with van der Waals surface area (Å²) in [5, 5.41) is 5.75. The second-order valence-electron chi connectivity index (χ2n) is 5.78. The first-order valence-electron chi connectivity index (χ1n) is 8.22. The molecule has 2 aromatic carbocycles. The Morgan fingerprint density at radius 3 is 2.56 bits per heavy atom. The largest absolute Gasteiger partial charge is 0.355 e. The number of rotatable bonds is 6. The molecular weight excluding hydrogens is 372 g/mol. The second-order valence-corrected chi connectivity index (χ2v) is 6.19. The van der Waals surface area contributed by atoms with E-state index < -0.39 is 5.82 Å². The summed E-state index contributed by atoms with van der Waals surface area (Å²) < 4.78 is 26.8. The first-order chi connectivity index (χ1) is 13.0. The summed E-state index contributed by atoms with van der Waals surface area (Å²) >= 11 is 5.76. The molecule has 0 aliphatic heterocycles. The minimum Gasteiger partial charge on any atom is -0.355 e. The van der Waals surface area contributed by atoms with E-state index in [9.17, 15) is 13.6 Å². The molecule has 0 aliphatic carbocycles. The molecule has 1 amide bonds. The van der Waals surface area contributed by atoms with Crippen molar-refractivity contribution in [3.05, 3.63) is 88.7 Å². The highest BCUT2D eigenvalue weighted by Gasteiger charge is 2.09. The summed E-state index contributed by atoms with van der Waals surface area (Å²) in [6.07, 6.45) is 1.86. The summed E-state index contributed by atoms with van der Waals surface area (Å²) in [6.45, 7) is 0.284. The molecule has 0 radical (unpaired) electrons. The SMILES string of the molecule is O=C(NCCc1ccccc1F)c1cc(Nc2ccc(F)c(Cl)c2)ccn1. The molecule has 3 rings (SSSR count). The summed E-state index contributed by atoms with van der Waals surface area (Å²) in [7, 11) is 0. The maximum atomic E-state index is 13.6. The molecular formula is C20H16ClF2N3O. The van der Waals surface area contributed by atoms with Gasteiger partial charge in [-0.25, -0.2) is 8.78 Å². The molecule has 0 unspecified atom stereocenters. The van der Waals surface area contributed by atoms with Gasteiger partial charge in [-0.3, -0.25) is 9.78 Å². The predicted molar refractivity (Wildman–Crippen MR) is 101 cm³/mol. The van der Waals surface area contributed by atoms with E-state index >= 15 is 0 Å². The van der Waals surface area contributed by atoms with Crippen LogP contribution < -0.4 is 10.6 Å². The smallest absolute Gasteiger partial charge is 0.269 e. The number of amides is 1. The molecule has 1 aromatic heterocycles. The fourth-order valence-electron chi connectivity index (χ4n) is 2.48. The van der Waals surface area contributed by atoms with Crippen LogP contribution in [-0.2, 0) is 6.42 Å². The lowest BCUT2D eigenvalue weighted by molar-refractivity contribution is 0.0949. The minimum absolute atomic E-state index is 0.000154. The highest BCUT2D eigenvalue weighted by Crippen LogP contribution is 2.22. The summed E-state index contributed by atoms with van der Waals surface area (Å²) in [4.78, 5) is 16.3. The number of aromatic nitrogens is 1. The van der Waals surface area contributed by atoms with Gasteiger partial charge in [0.1, 0.15) is 17.3 Å². The Labute approximate surface area is 160 Å². The standard InChI is InChI=1S/C20H16ClF2N3O/c21-16-11-14(5-6-18(16)23)26-15-8-10-24-19(12-15)20(27)25-9-7-13-3-1-2-4-17(13)22/h1-6,8,10-12H,7,9H2,(H,24,26)(H,25,27). The molecule has 0 fully saturated rings. The van der Waals surface area contributed by atoms with Crippen molar-refractivity contribution in [3.63, 3.8) is 0 Å². The van der Waals surface area contributed by atoms with E-state index in [-0.39, 0.29) is 29.0 Å². The molecule has 7 heteroatoms. The number of hydrogen-bond donors (Lipinski definition) is 2. The van der Waals surface area contributed by atoms with Gasteiger partial charge in [0.15, 0.2) is 0 Å². The Balaban J connectivity index is 1.61. The molecule has 0 spiro atoms. The zero-order valence-corrected chi connectivity index (χ0v) is 14.9. The lowest BCUT2D eigenvalue weighted by Gasteiger charge is -2.09. The van der Waals surface area contributed by atoms with Crippen molar-refractivity contribution < 1.29 is 13.6 Å². The third-order valence-electron chi connectivity index (χ3n) is 3.84. The molecule has 27 heavy (non-hydrogen) atoms. The van der Waals surface area contributed by atoms with E-state index in [1.165, 1.54) is 30.5 Å². The Bertz CT molecular complexity index is 965. The van der Waals surface area contributed by atoms with Crippen LogP contribution in [0, 0.1) is 11.6 Å². The van der Waals surface area contributed by atoms with Crippen LogP contribution in [0.4, 0.5) is 20.2 Å². The maximum Gasteiger partial charge on any atom is 0.269 e. The van der Waals surface area contributed by atoms with E-state index in [1.807, 2.05) is 0 Å². The Kier molecular flexibility index (Phi) is 5.98. The van der Waals surface area contributed by atoms with Gasteiger partial charge in [-0.1, -0.05) is 29.8 Å². The number of pyridine rings is 1. The molecule has 1 heterocycles. The number of benzene rings is 2. The highest BCUT2D eigenvalue weighted by atomic mass is 35.5. The van der Waals surface area contributed by atoms with E-state index in [0.717, 1.165) is 0 Å². The van der Waals surface area contributed by atoms with Crippen molar-refractivity contribution in [3.8, 4) is 0 Å². The van der Waals surface area contributed by atoms with Gasteiger partial charge >= 0.3 is 0 Å². The van der Waals surface area contributed by atoms with Crippen LogP contribution in [0.15, 0.2) is 60.8 Å². The number of carbonyl (C=O) groups excluding carboxylic acids is 1. The molecule has 2 N–H and O–H groups in total. The van der Waals surface area contributed by atoms with Gasteiger partial charge in [0.05, 0.1) is 5.02 Å².